The molecule has 0 aliphatic heterocycles. The molecule has 8 rings (SSSR count). The third kappa shape index (κ3) is 3.40. The lowest BCUT2D eigenvalue weighted by Gasteiger charge is -2.26. The van der Waals surface area contributed by atoms with Crippen LogP contribution in [0.4, 0.5) is 17.1 Å². The van der Waals surface area contributed by atoms with Gasteiger partial charge in [-0.3, -0.25) is 0 Å². The highest BCUT2D eigenvalue weighted by Gasteiger charge is 2.21. The van der Waals surface area contributed by atoms with Gasteiger partial charge in [-0.25, -0.2) is 0 Å². The number of fused-ring (bicyclic) bond motifs is 6. The van der Waals surface area contributed by atoms with Crippen molar-refractivity contribution in [3.63, 3.8) is 0 Å². The summed E-state index contributed by atoms with van der Waals surface area (Å²) in [6.07, 6.45) is 0. The Bertz CT molecular complexity index is 2180. The molecule has 8 aromatic rings. The fourth-order valence-electron chi connectivity index (χ4n) is 5.88. The van der Waals surface area contributed by atoms with Gasteiger partial charge in [0.05, 0.1) is 16.7 Å². The molecule has 0 bridgehead atoms. The minimum absolute atomic E-state index is 0.202. The molecule has 0 unspecified atom stereocenters. The van der Waals surface area contributed by atoms with E-state index in [9.17, 15) is 5.11 Å². The zero-order valence-electron chi connectivity index (χ0n) is 21.5. The molecule has 0 radical (unpaired) electrons. The Morgan fingerprint density at radius 1 is 0.500 bits per heavy atom. The summed E-state index contributed by atoms with van der Waals surface area (Å²) in [5.74, 6) is 0.202. The van der Waals surface area contributed by atoms with Gasteiger partial charge in [-0.2, -0.15) is 0 Å². The van der Waals surface area contributed by atoms with E-state index < -0.39 is 0 Å². The molecule has 2 aromatic heterocycles. The van der Waals surface area contributed by atoms with Gasteiger partial charge >= 0.3 is 0 Å². The number of phenolic OH excluding ortho intramolecular Hbond substituents is 1. The van der Waals surface area contributed by atoms with Crippen LogP contribution in [0.3, 0.4) is 0 Å². The van der Waals surface area contributed by atoms with E-state index in [-0.39, 0.29) is 5.75 Å². The molecule has 0 saturated carbocycles. The molecule has 1 N–H and O–H groups in total. The van der Waals surface area contributed by atoms with Crippen molar-refractivity contribution in [1.82, 2.24) is 4.57 Å². The number of aromatic hydroxyl groups is 1. The maximum absolute atomic E-state index is 11.7. The SMILES string of the molecule is Oc1cc2c(cc1N(c1ccccc1)c1ccc3oc4ccccc4c3c1)c1ccccc1n2-c1ccccc1. The van der Waals surface area contributed by atoms with Crippen LogP contribution in [0.5, 0.6) is 5.75 Å². The van der Waals surface area contributed by atoms with Crippen molar-refractivity contribution in [2.45, 2.75) is 0 Å². The lowest BCUT2D eigenvalue weighted by atomic mass is 10.1. The quantitative estimate of drug-likeness (QED) is 0.253. The molecule has 6 aromatic carbocycles. The number of benzene rings is 6. The third-order valence-electron chi connectivity index (χ3n) is 7.66. The number of anilines is 3. The molecule has 4 heteroatoms. The van der Waals surface area contributed by atoms with Gasteiger partial charge in [-0.1, -0.05) is 72.8 Å². The van der Waals surface area contributed by atoms with Crippen LogP contribution < -0.4 is 4.90 Å². The second-order valence-corrected chi connectivity index (χ2v) is 10.00. The predicted molar refractivity (Wildman–Crippen MR) is 164 cm³/mol. The maximum Gasteiger partial charge on any atom is 0.141 e. The van der Waals surface area contributed by atoms with E-state index in [2.05, 4.69) is 82.3 Å². The molecule has 4 nitrogen and oxygen atoms in total. The Morgan fingerprint density at radius 3 is 2.00 bits per heavy atom. The molecule has 0 fully saturated rings. The topological polar surface area (TPSA) is 41.5 Å². The number of phenols is 1. The van der Waals surface area contributed by atoms with E-state index >= 15 is 0 Å². The highest BCUT2D eigenvalue weighted by atomic mass is 16.3. The van der Waals surface area contributed by atoms with E-state index in [1.807, 2.05) is 66.7 Å². The Balaban J connectivity index is 1.41. The Labute approximate surface area is 230 Å². The first-order valence-electron chi connectivity index (χ1n) is 13.3. The molecular formula is C36H24N2O2. The minimum Gasteiger partial charge on any atom is -0.506 e. The first-order valence-corrected chi connectivity index (χ1v) is 13.3. The second-order valence-electron chi connectivity index (χ2n) is 10.00. The van der Waals surface area contributed by atoms with Crippen molar-refractivity contribution in [1.29, 1.82) is 0 Å². The second kappa shape index (κ2) is 8.79. The van der Waals surface area contributed by atoms with Gasteiger partial charge in [0, 0.05) is 44.7 Å². The van der Waals surface area contributed by atoms with E-state index in [1.165, 1.54) is 0 Å². The first kappa shape index (κ1) is 22.5. The van der Waals surface area contributed by atoms with E-state index in [0.29, 0.717) is 5.69 Å². The van der Waals surface area contributed by atoms with Crippen molar-refractivity contribution in [3.8, 4) is 11.4 Å². The van der Waals surface area contributed by atoms with E-state index in [1.54, 1.807) is 0 Å². The summed E-state index contributed by atoms with van der Waals surface area (Å²) in [7, 11) is 0. The zero-order valence-corrected chi connectivity index (χ0v) is 21.5. The zero-order chi connectivity index (χ0) is 26.6. The van der Waals surface area contributed by atoms with Crippen LogP contribution in [0.25, 0.3) is 49.4 Å². The summed E-state index contributed by atoms with van der Waals surface area (Å²) in [5, 5.41) is 16.0. The standard InChI is InChI=1S/C36H24N2O2/c39-34-23-32-29(27-15-7-9-17-31(27)38(32)25-13-5-2-6-14-25)22-33(34)37(24-11-3-1-4-12-24)26-19-20-36-30(21-26)28-16-8-10-18-35(28)40-36/h1-23,39H. The summed E-state index contributed by atoms with van der Waals surface area (Å²) in [5.41, 5.74) is 7.40. The number of hydrogen-bond donors (Lipinski definition) is 1. The van der Waals surface area contributed by atoms with Gasteiger partial charge in [0.25, 0.3) is 0 Å². The molecule has 40 heavy (non-hydrogen) atoms. The highest BCUT2D eigenvalue weighted by Crippen LogP contribution is 2.45. The lowest BCUT2D eigenvalue weighted by molar-refractivity contribution is 0.477. The number of rotatable bonds is 4. The predicted octanol–water partition coefficient (Wildman–Crippen LogP) is 9.86. The average Bonchev–Trinajstić information content (AvgIpc) is 3.53. The van der Waals surface area contributed by atoms with Gasteiger partial charge < -0.3 is 19.0 Å². The molecule has 2 heterocycles. The van der Waals surface area contributed by atoms with Crippen molar-refractivity contribution in [3.05, 3.63) is 140 Å². The van der Waals surface area contributed by atoms with Gasteiger partial charge in [0.15, 0.2) is 0 Å². The highest BCUT2D eigenvalue weighted by molar-refractivity contribution is 6.12. The van der Waals surface area contributed by atoms with Crippen LogP contribution in [0.1, 0.15) is 0 Å². The molecule has 0 atom stereocenters. The largest absolute Gasteiger partial charge is 0.506 e. The summed E-state index contributed by atoms with van der Waals surface area (Å²) in [6.45, 7) is 0. The van der Waals surface area contributed by atoms with Crippen molar-refractivity contribution in [2.75, 3.05) is 4.90 Å². The number of aromatic nitrogens is 1. The van der Waals surface area contributed by atoms with Crippen molar-refractivity contribution < 1.29 is 9.52 Å². The van der Waals surface area contributed by atoms with Gasteiger partial charge in [-0.05, 0) is 60.7 Å². The molecule has 0 aliphatic carbocycles. The van der Waals surface area contributed by atoms with E-state index in [4.69, 9.17) is 4.42 Å². The molecule has 0 saturated heterocycles. The normalized spacial score (nSPS) is 11.6. The number of para-hydroxylation sites is 4. The Kier molecular flexibility index (Phi) is 4.94. The van der Waals surface area contributed by atoms with E-state index in [0.717, 1.165) is 60.8 Å². The Hall–Kier alpha value is -5.48. The number of hydrogen-bond acceptors (Lipinski definition) is 3. The van der Waals surface area contributed by atoms with Gasteiger partial charge in [0.1, 0.15) is 16.9 Å². The molecule has 190 valence electrons. The summed E-state index contributed by atoms with van der Waals surface area (Å²) in [6, 6.07) is 47.2. The first-order chi connectivity index (χ1) is 19.8. The molecular weight excluding hydrogens is 492 g/mol. The minimum atomic E-state index is 0.202. The van der Waals surface area contributed by atoms with Crippen LogP contribution in [0, 0.1) is 0 Å². The molecule has 0 amide bonds. The van der Waals surface area contributed by atoms with Crippen LogP contribution in [0.2, 0.25) is 0 Å². The molecule has 0 spiro atoms. The smallest absolute Gasteiger partial charge is 0.141 e. The fraction of sp³-hybridized carbons (Fsp3) is 0. The van der Waals surface area contributed by atoms with Gasteiger partial charge in [-0.15, -0.1) is 0 Å². The number of furan rings is 1. The van der Waals surface area contributed by atoms with Crippen LogP contribution in [-0.4, -0.2) is 9.67 Å². The van der Waals surface area contributed by atoms with Crippen molar-refractivity contribution >= 4 is 60.8 Å². The van der Waals surface area contributed by atoms with Crippen LogP contribution in [0.15, 0.2) is 144 Å². The third-order valence-corrected chi connectivity index (χ3v) is 7.66. The lowest BCUT2D eigenvalue weighted by Crippen LogP contribution is -2.10. The summed E-state index contributed by atoms with van der Waals surface area (Å²) in [4.78, 5) is 2.12. The van der Waals surface area contributed by atoms with Gasteiger partial charge in [0.2, 0.25) is 0 Å². The molecule has 0 aliphatic rings. The maximum atomic E-state index is 11.7. The van der Waals surface area contributed by atoms with Crippen molar-refractivity contribution in [2.24, 2.45) is 0 Å². The van der Waals surface area contributed by atoms with Crippen LogP contribution in [-0.2, 0) is 0 Å². The monoisotopic (exact) mass is 516 g/mol. The summed E-state index contributed by atoms with van der Waals surface area (Å²) >= 11 is 0. The average molecular weight is 517 g/mol. The summed E-state index contributed by atoms with van der Waals surface area (Å²) < 4.78 is 8.32. The fourth-order valence-corrected chi connectivity index (χ4v) is 5.88. The Morgan fingerprint density at radius 2 is 1.18 bits per heavy atom. The number of nitrogens with zero attached hydrogens (tertiary/aromatic N) is 2. The van der Waals surface area contributed by atoms with Crippen LogP contribution >= 0.6 is 0 Å².